The van der Waals surface area contributed by atoms with Crippen LogP contribution in [0.1, 0.15) is 9.88 Å². The second-order valence-corrected chi connectivity index (χ2v) is 5.65. The number of methoxy groups -OCH3 is 1. The molecule has 3 aromatic heterocycles. The number of hydrogen-bond donors (Lipinski definition) is 1. The van der Waals surface area contributed by atoms with E-state index < -0.39 is 0 Å². The van der Waals surface area contributed by atoms with E-state index in [1.165, 1.54) is 6.33 Å². The summed E-state index contributed by atoms with van der Waals surface area (Å²) in [5.74, 6) is 0.496. The predicted octanol–water partition coefficient (Wildman–Crippen LogP) is 2.31. The number of hydrogen-bond acceptors (Lipinski definition) is 6. The lowest BCUT2D eigenvalue weighted by atomic mass is 10.5. The van der Waals surface area contributed by atoms with Crippen molar-refractivity contribution in [3.8, 4) is 5.88 Å². The van der Waals surface area contributed by atoms with Crippen molar-refractivity contribution in [1.29, 1.82) is 0 Å². The number of imidazole rings is 1. The van der Waals surface area contributed by atoms with E-state index in [2.05, 4.69) is 19.9 Å². The molecule has 3 rings (SSSR count). The van der Waals surface area contributed by atoms with Crippen molar-refractivity contribution in [3.05, 3.63) is 27.2 Å². The average Bonchev–Trinajstić information content (AvgIpc) is 2.94. The first-order valence-corrected chi connectivity index (χ1v) is 6.80. The predicted molar refractivity (Wildman–Crippen MR) is 75.2 cm³/mol. The topological polar surface area (TPSA) is 68.6 Å². The molecular weight excluding hydrogens is 282 g/mol. The molecule has 0 radical (unpaired) electrons. The van der Waals surface area contributed by atoms with Crippen LogP contribution >= 0.6 is 23.6 Å². The average molecular weight is 293 g/mol. The van der Waals surface area contributed by atoms with Crippen LogP contribution in [0.15, 0.2) is 12.5 Å². The lowest BCUT2D eigenvalue weighted by molar-refractivity contribution is 0.401. The van der Waals surface area contributed by atoms with Gasteiger partial charge in [-0.2, -0.15) is 4.98 Å². The summed E-state index contributed by atoms with van der Waals surface area (Å²) in [5, 5.41) is 1.04. The Morgan fingerprint density at radius 3 is 2.95 bits per heavy atom. The fraction of sp³-hybridized carbons (Fsp3) is 0.273. The highest BCUT2D eigenvalue weighted by Gasteiger charge is 2.12. The van der Waals surface area contributed by atoms with Gasteiger partial charge in [0, 0.05) is 11.1 Å². The number of aromatic nitrogens is 5. The van der Waals surface area contributed by atoms with Crippen molar-refractivity contribution in [1.82, 2.24) is 24.5 Å². The van der Waals surface area contributed by atoms with Gasteiger partial charge in [-0.3, -0.25) is 4.57 Å². The molecule has 0 aromatic carbocycles. The Kier molecular flexibility index (Phi) is 3.03. The van der Waals surface area contributed by atoms with Gasteiger partial charge in [-0.05, 0) is 19.1 Å². The highest BCUT2D eigenvalue weighted by molar-refractivity contribution is 7.71. The Bertz CT molecular complexity index is 788. The highest BCUT2D eigenvalue weighted by atomic mass is 32.1. The SMILES string of the molecule is COc1ncnc2c1[nH]c(=S)n2Cc1cnc(C)s1. The van der Waals surface area contributed by atoms with E-state index in [1.807, 2.05) is 17.7 Å². The summed E-state index contributed by atoms with van der Waals surface area (Å²) in [6, 6.07) is 0. The van der Waals surface area contributed by atoms with Crippen LogP contribution in [0.5, 0.6) is 5.88 Å². The van der Waals surface area contributed by atoms with Gasteiger partial charge in [0.2, 0.25) is 5.88 Å². The number of ether oxygens (including phenoxy) is 1. The molecule has 0 aliphatic heterocycles. The van der Waals surface area contributed by atoms with Crippen molar-refractivity contribution >= 4 is 34.7 Å². The van der Waals surface area contributed by atoms with Gasteiger partial charge in [0.25, 0.3) is 0 Å². The first-order chi connectivity index (χ1) is 9.19. The minimum Gasteiger partial charge on any atom is -0.479 e. The Morgan fingerprint density at radius 2 is 2.26 bits per heavy atom. The van der Waals surface area contributed by atoms with E-state index in [0.717, 1.165) is 21.0 Å². The molecule has 6 nitrogen and oxygen atoms in total. The minimum atomic E-state index is 0.496. The lowest BCUT2D eigenvalue weighted by Gasteiger charge is -2.02. The Labute approximate surface area is 118 Å². The molecule has 0 aliphatic rings. The maximum Gasteiger partial charge on any atom is 0.242 e. The summed E-state index contributed by atoms with van der Waals surface area (Å²) in [6.07, 6.45) is 3.33. The molecule has 98 valence electrons. The molecule has 19 heavy (non-hydrogen) atoms. The number of rotatable bonds is 3. The van der Waals surface area contributed by atoms with Gasteiger partial charge < -0.3 is 9.72 Å². The molecular formula is C11H11N5OS2. The van der Waals surface area contributed by atoms with Crippen LogP contribution in [0.2, 0.25) is 0 Å². The summed E-state index contributed by atoms with van der Waals surface area (Å²) in [5.41, 5.74) is 1.46. The van der Waals surface area contributed by atoms with Crippen LogP contribution in [-0.2, 0) is 6.54 Å². The number of thiazole rings is 1. The summed E-state index contributed by atoms with van der Waals surface area (Å²) in [6.45, 7) is 2.62. The van der Waals surface area contributed by atoms with E-state index in [0.29, 0.717) is 17.2 Å². The van der Waals surface area contributed by atoms with Crippen LogP contribution in [0.25, 0.3) is 11.2 Å². The largest absolute Gasteiger partial charge is 0.479 e. The molecule has 0 unspecified atom stereocenters. The molecule has 0 aliphatic carbocycles. The van der Waals surface area contributed by atoms with Gasteiger partial charge in [0.05, 0.1) is 18.7 Å². The van der Waals surface area contributed by atoms with Crippen molar-refractivity contribution in [2.24, 2.45) is 0 Å². The molecule has 1 N–H and O–H groups in total. The number of fused-ring (bicyclic) bond motifs is 1. The molecule has 0 spiro atoms. The van der Waals surface area contributed by atoms with E-state index in [9.17, 15) is 0 Å². The van der Waals surface area contributed by atoms with E-state index in [4.69, 9.17) is 17.0 Å². The molecule has 0 amide bonds. The van der Waals surface area contributed by atoms with Crippen LogP contribution in [0.4, 0.5) is 0 Å². The Balaban J connectivity index is 2.13. The van der Waals surface area contributed by atoms with Gasteiger partial charge in [0.1, 0.15) is 11.8 Å². The fourth-order valence-corrected chi connectivity index (χ4v) is 2.92. The summed E-state index contributed by atoms with van der Waals surface area (Å²) in [4.78, 5) is 16.8. The zero-order chi connectivity index (χ0) is 13.4. The third kappa shape index (κ3) is 2.13. The van der Waals surface area contributed by atoms with Crippen molar-refractivity contribution in [2.75, 3.05) is 7.11 Å². The zero-order valence-electron chi connectivity index (χ0n) is 10.4. The van der Waals surface area contributed by atoms with E-state index >= 15 is 0 Å². The maximum absolute atomic E-state index is 5.33. The van der Waals surface area contributed by atoms with Gasteiger partial charge in [0.15, 0.2) is 10.4 Å². The number of nitrogens with one attached hydrogen (secondary N) is 1. The van der Waals surface area contributed by atoms with Crippen LogP contribution in [-0.4, -0.2) is 31.6 Å². The number of H-pyrrole nitrogens is 1. The number of aryl methyl sites for hydroxylation is 1. The zero-order valence-corrected chi connectivity index (χ0v) is 12.0. The molecule has 3 aromatic rings. The van der Waals surface area contributed by atoms with Crippen molar-refractivity contribution in [2.45, 2.75) is 13.5 Å². The second-order valence-electron chi connectivity index (χ2n) is 3.94. The van der Waals surface area contributed by atoms with Crippen molar-refractivity contribution < 1.29 is 4.74 Å². The maximum atomic E-state index is 5.33. The first-order valence-electron chi connectivity index (χ1n) is 5.58. The quantitative estimate of drug-likeness (QED) is 0.750. The van der Waals surface area contributed by atoms with Crippen LogP contribution in [0, 0.1) is 11.7 Å². The smallest absolute Gasteiger partial charge is 0.242 e. The Morgan fingerprint density at radius 1 is 1.42 bits per heavy atom. The summed E-state index contributed by atoms with van der Waals surface area (Å²) < 4.78 is 7.71. The molecule has 3 heterocycles. The monoisotopic (exact) mass is 293 g/mol. The van der Waals surface area contributed by atoms with Crippen LogP contribution in [0.3, 0.4) is 0 Å². The van der Waals surface area contributed by atoms with Gasteiger partial charge in [-0.25, -0.2) is 9.97 Å². The highest BCUT2D eigenvalue weighted by Crippen LogP contribution is 2.22. The van der Waals surface area contributed by atoms with Gasteiger partial charge in [-0.15, -0.1) is 11.3 Å². The minimum absolute atomic E-state index is 0.496. The van der Waals surface area contributed by atoms with Gasteiger partial charge in [-0.1, -0.05) is 0 Å². The molecule has 0 saturated carbocycles. The second kappa shape index (κ2) is 4.71. The first kappa shape index (κ1) is 12.2. The van der Waals surface area contributed by atoms with E-state index in [-0.39, 0.29) is 0 Å². The van der Waals surface area contributed by atoms with Gasteiger partial charge >= 0.3 is 0 Å². The third-order valence-electron chi connectivity index (χ3n) is 2.70. The lowest BCUT2D eigenvalue weighted by Crippen LogP contribution is -1.99. The molecule has 0 bridgehead atoms. The molecule has 0 atom stereocenters. The molecule has 0 fully saturated rings. The summed E-state index contributed by atoms with van der Waals surface area (Å²) in [7, 11) is 1.57. The van der Waals surface area contributed by atoms with Crippen LogP contribution < -0.4 is 4.74 Å². The molecule has 8 heteroatoms. The standard InChI is InChI=1S/C11H11N5OS2/c1-6-12-3-7(19-6)4-16-9-8(15-11(16)18)10(17-2)14-5-13-9/h3,5H,4H2,1-2H3,(H,15,18). The summed E-state index contributed by atoms with van der Waals surface area (Å²) >= 11 is 6.98. The normalized spacial score (nSPS) is 11.1. The Hall–Kier alpha value is -1.80. The molecule has 0 saturated heterocycles. The third-order valence-corrected chi connectivity index (χ3v) is 3.92. The number of aromatic amines is 1. The number of nitrogens with zero attached hydrogens (tertiary/aromatic N) is 4. The van der Waals surface area contributed by atoms with E-state index in [1.54, 1.807) is 18.4 Å². The fourth-order valence-electron chi connectivity index (χ4n) is 1.88. The van der Waals surface area contributed by atoms with Crippen molar-refractivity contribution in [3.63, 3.8) is 0 Å².